The molecule has 0 amide bonds. The van der Waals surface area contributed by atoms with Crippen molar-refractivity contribution in [3.8, 4) is 0 Å². The van der Waals surface area contributed by atoms with Crippen LogP contribution in [0.4, 0.5) is 0 Å². The first kappa shape index (κ1) is 13.5. The topological polar surface area (TPSA) is 49.9 Å². The molecule has 108 valence electrons. The van der Waals surface area contributed by atoms with E-state index in [2.05, 4.69) is 0 Å². The third-order valence-corrected chi connectivity index (χ3v) is 13.8. The summed E-state index contributed by atoms with van der Waals surface area (Å²) >= 11 is 3.87. The van der Waals surface area contributed by atoms with Gasteiger partial charge in [-0.3, -0.25) is 10.7 Å². The van der Waals surface area contributed by atoms with Crippen molar-refractivity contribution in [1.29, 1.82) is 5.16 Å². The zero-order valence-corrected chi connectivity index (χ0v) is 14.1. The van der Waals surface area contributed by atoms with Gasteiger partial charge >= 0.3 is 0 Å². The van der Waals surface area contributed by atoms with Gasteiger partial charge in [0.1, 0.15) is 5.61 Å². The molecule has 19 heavy (non-hydrogen) atoms. The van der Waals surface area contributed by atoms with Crippen LogP contribution in [0.3, 0.4) is 0 Å². The van der Waals surface area contributed by atoms with Crippen molar-refractivity contribution in [3.63, 3.8) is 0 Å². The van der Waals surface area contributed by atoms with Crippen molar-refractivity contribution >= 4 is 28.4 Å². The van der Waals surface area contributed by atoms with Crippen LogP contribution in [0.2, 0.25) is 0 Å². The molecule has 2 nitrogen and oxygen atoms in total. The first-order valence-corrected chi connectivity index (χ1v) is 12.5. The molecule has 0 aromatic heterocycles. The fourth-order valence-electron chi connectivity index (χ4n) is 5.13. The summed E-state index contributed by atoms with van der Waals surface area (Å²) < 4.78 is 0.852. The Morgan fingerprint density at radius 2 is 1.21 bits per heavy atom. The molecular formula is C14H25N2PS2. The fraction of sp³-hybridized carbons (Fsp3) is 1.00. The zero-order valence-electron chi connectivity index (χ0n) is 11.6. The fourth-order valence-corrected chi connectivity index (χ4v) is 16.1. The van der Waals surface area contributed by atoms with Crippen molar-refractivity contribution in [2.75, 3.05) is 0 Å². The van der Waals surface area contributed by atoms with E-state index in [1.807, 2.05) is 22.8 Å². The van der Waals surface area contributed by atoms with Crippen molar-refractivity contribution in [3.05, 3.63) is 0 Å². The third-order valence-electron chi connectivity index (χ3n) is 6.01. The highest BCUT2D eigenvalue weighted by molar-refractivity contribution is 8.90. The molecule has 4 aliphatic rings. The first-order valence-electron chi connectivity index (χ1n) is 7.83. The molecule has 4 fully saturated rings. The van der Waals surface area contributed by atoms with Gasteiger partial charge in [0.05, 0.1) is 0 Å². The molecule has 3 N–H and O–H groups in total. The van der Waals surface area contributed by atoms with Gasteiger partial charge in [-0.2, -0.15) is 0 Å². The maximum absolute atomic E-state index is 8.76. The summed E-state index contributed by atoms with van der Waals surface area (Å²) in [5.74, 6) is 1.94. The minimum atomic E-state index is -2.07. The number of nitrogens with two attached hydrogens (primary N) is 1. The second-order valence-corrected chi connectivity index (χ2v) is 16.0. The molecule has 0 spiro atoms. The SMILES string of the molecule is N=P(N)(SC12CCC(CC1)C2)SC12CCC(CC1)C2. The molecule has 0 radical (unpaired) electrons. The molecular weight excluding hydrogens is 291 g/mol. The Hall–Kier alpha value is 0.890. The van der Waals surface area contributed by atoms with Gasteiger partial charge in [0.25, 0.3) is 0 Å². The summed E-state index contributed by atoms with van der Waals surface area (Å²) in [5, 5.41) is 8.76. The number of rotatable bonds is 4. The molecule has 0 aromatic carbocycles. The number of fused-ring (bicyclic) bond motifs is 4. The normalized spacial score (nSPS) is 50.8. The van der Waals surface area contributed by atoms with Crippen molar-refractivity contribution < 1.29 is 0 Å². The predicted molar refractivity (Wildman–Crippen MR) is 87.6 cm³/mol. The quantitative estimate of drug-likeness (QED) is 0.663. The van der Waals surface area contributed by atoms with Crippen LogP contribution < -0.4 is 5.50 Å². The number of nitrogens with one attached hydrogen (secondary N) is 1. The van der Waals surface area contributed by atoms with E-state index in [1.54, 1.807) is 0 Å². The second-order valence-electron chi connectivity index (χ2n) is 7.44. The summed E-state index contributed by atoms with van der Waals surface area (Å²) in [4.78, 5) is 0. The smallest absolute Gasteiger partial charge is 0.133 e. The third kappa shape index (κ3) is 2.45. The average Bonchev–Trinajstić information content (AvgIpc) is 3.05. The molecule has 0 unspecified atom stereocenters. The summed E-state index contributed by atoms with van der Waals surface area (Å²) in [6, 6.07) is 0. The summed E-state index contributed by atoms with van der Waals surface area (Å²) in [6.07, 6.45) is 13.7. The van der Waals surface area contributed by atoms with E-state index in [-0.39, 0.29) is 0 Å². The lowest BCUT2D eigenvalue weighted by molar-refractivity contribution is 0.500. The van der Waals surface area contributed by atoms with E-state index in [9.17, 15) is 0 Å². The second kappa shape index (κ2) is 4.44. The maximum Gasteiger partial charge on any atom is 0.133 e. The Bertz CT molecular complexity index is 387. The van der Waals surface area contributed by atoms with Crippen LogP contribution >= 0.6 is 28.4 Å². The van der Waals surface area contributed by atoms with E-state index in [4.69, 9.17) is 10.7 Å². The van der Waals surface area contributed by atoms with E-state index in [1.165, 1.54) is 64.2 Å². The van der Waals surface area contributed by atoms with Crippen LogP contribution in [0.15, 0.2) is 0 Å². The van der Waals surface area contributed by atoms with E-state index < -0.39 is 5.61 Å². The van der Waals surface area contributed by atoms with Crippen LogP contribution in [0.1, 0.15) is 64.2 Å². The maximum atomic E-state index is 8.76. The molecule has 4 aliphatic carbocycles. The highest BCUT2D eigenvalue weighted by Gasteiger charge is 2.51. The van der Waals surface area contributed by atoms with Gasteiger partial charge in [0, 0.05) is 9.49 Å². The average molecular weight is 316 g/mol. The number of hydrogen-bond acceptors (Lipinski definition) is 3. The Morgan fingerprint density at radius 3 is 1.47 bits per heavy atom. The van der Waals surface area contributed by atoms with E-state index in [0.29, 0.717) is 9.49 Å². The molecule has 5 heteroatoms. The summed E-state index contributed by atoms with van der Waals surface area (Å²) in [5.41, 5.74) is 4.47. The van der Waals surface area contributed by atoms with E-state index in [0.717, 1.165) is 11.8 Å². The van der Waals surface area contributed by atoms with Gasteiger partial charge in [0.2, 0.25) is 0 Å². The molecule has 0 heterocycles. The van der Waals surface area contributed by atoms with Crippen LogP contribution in [-0.4, -0.2) is 9.49 Å². The first-order chi connectivity index (χ1) is 8.99. The van der Waals surface area contributed by atoms with Gasteiger partial charge in [-0.25, -0.2) is 0 Å². The Morgan fingerprint density at radius 1 is 0.842 bits per heavy atom. The van der Waals surface area contributed by atoms with Gasteiger partial charge in [0.15, 0.2) is 0 Å². The Balaban J connectivity index is 1.46. The van der Waals surface area contributed by atoms with Gasteiger partial charge in [-0.05, 0) is 76.0 Å². The van der Waals surface area contributed by atoms with Crippen LogP contribution in [0.25, 0.3) is 0 Å². The van der Waals surface area contributed by atoms with Crippen molar-refractivity contribution in [1.82, 2.24) is 0 Å². The summed E-state index contributed by atoms with van der Waals surface area (Å²) in [6.45, 7) is 0. The van der Waals surface area contributed by atoms with Crippen LogP contribution in [0, 0.1) is 17.0 Å². The standard InChI is InChI=1S/C14H25N2PS2/c15-17(16,18-13-5-1-11(9-13)2-6-13)19-14-7-3-12(10-14)4-8-14/h11-12H,1-10H2,(H3,15,16). The molecule has 0 aliphatic heterocycles. The van der Waals surface area contributed by atoms with Crippen molar-refractivity contribution in [2.45, 2.75) is 73.7 Å². The molecule has 4 bridgehead atoms. The highest BCUT2D eigenvalue weighted by atomic mass is 33.1. The molecule has 4 saturated carbocycles. The lowest BCUT2D eigenvalue weighted by Gasteiger charge is -2.35. The summed E-state index contributed by atoms with van der Waals surface area (Å²) in [7, 11) is 0. The van der Waals surface area contributed by atoms with Crippen LogP contribution in [-0.2, 0) is 0 Å². The predicted octanol–water partition coefficient (Wildman–Crippen LogP) is 5.60. The van der Waals surface area contributed by atoms with Crippen LogP contribution in [0.5, 0.6) is 0 Å². The monoisotopic (exact) mass is 316 g/mol. The molecule has 0 atom stereocenters. The molecule has 4 rings (SSSR count). The van der Waals surface area contributed by atoms with Gasteiger partial charge in [-0.1, -0.05) is 22.8 Å². The van der Waals surface area contributed by atoms with Gasteiger partial charge < -0.3 is 0 Å². The highest BCUT2D eigenvalue weighted by Crippen LogP contribution is 2.78. The minimum absolute atomic E-state index is 0.426. The lowest BCUT2D eigenvalue weighted by Crippen LogP contribution is -2.21. The lowest BCUT2D eigenvalue weighted by atomic mass is 10.0. The molecule has 0 saturated heterocycles. The molecule has 0 aromatic rings. The van der Waals surface area contributed by atoms with Gasteiger partial charge in [-0.15, -0.1) is 0 Å². The minimum Gasteiger partial charge on any atom is -0.285 e. The zero-order chi connectivity index (χ0) is 13.1. The van der Waals surface area contributed by atoms with E-state index >= 15 is 0 Å². The van der Waals surface area contributed by atoms with Crippen molar-refractivity contribution in [2.24, 2.45) is 17.3 Å². The Labute approximate surface area is 124 Å². The number of hydrogen-bond donors (Lipinski definition) is 2. The largest absolute Gasteiger partial charge is 0.285 e. The Kier molecular flexibility index (Phi) is 3.17.